The number of hydrogen-bond acceptors (Lipinski definition) is 2. The van der Waals surface area contributed by atoms with E-state index < -0.39 is 10.0 Å². The molecule has 0 fully saturated rings. The van der Waals surface area contributed by atoms with E-state index in [1.54, 1.807) is 32.2 Å². The van der Waals surface area contributed by atoms with Gasteiger partial charge in [-0.1, -0.05) is 29.3 Å². The molecule has 0 aromatic heterocycles. The third-order valence-corrected chi connectivity index (χ3v) is 4.78. The lowest BCUT2D eigenvalue weighted by atomic mass is 10.2. The van der Waals surface area contributed by atoms with Crippen molar-refractivity contribution in [2.24, 2.45) is 0 Å². The van der Waals surface area contributed by atoms with Gasteiger partial charge in [-0.15, -0.1) is 0 Å². The first-order valence-corrected chi connectivity index (χ1v) is 7.11. The van der Waals surface area contributed by atoms with E-state index in [4.69, 9.17) is 23.2 Å². The van der Waals surface area contributed by atoms with E-state index in [-0.39, 0.29) is 5.75 Å². The molecule has 0 heterocycles. The SMILES string of the molecule is CCS(=O)(=O)N(C)Cc1ccc(Cl)c(Cl)c1. The number of nitrogens with zero attached hydrogens (tertiary/aromatic N) is 1. The lowest BCUT2D eigenvalue weighted by Crippen LogP contribution is -2.27. The summed E-state index contributed by atoms with van der Waals surface area (Å²) in [7, 11) is -1.62. The fourth-order valence-electron chi connectivity index (χ4n) is 1.21. The van der Waals surface area contributed by atoms with Gasteiger partial charge in [0, 0.05) is 13.6 Å². The average molecular weight is 282 g/mol. The topological polar surface area (TPSA) is 37.4 Å². The highest BCUT2D eigenvalue weighted by molar-refractivity contribution is 7.89. The molecule has 0 amide bonds. The molecule has 3 nitrogen and oxygen atoms in total. The summed E-state index contributed by atoms with van der Waals surface area (Å²) in [6.45, 7) is 1.91. The summed E-state index contributed by atoms with van der Waals surface area (Å²) in [5, 5.41) is 0.896. The van der Waals surface area contributed by atoms with E-state index in [1.165, 1.54) is 4.31 Å². The summed E-state index contributed by atoms with van der Waals surface area (Å²) < 4.78 is 24.3. The quantitative estimate of drug-likeness (QED) is 0.851. The average Bonchev–Trinajstić information content (AvgIpc) is 2.23. The second kappa shape index (κ2) is 5.36. The first kappa shape index (κ1) is 13.8. The van der Waals surface area contributed by atoms with Crippen LogP contribution < -0.4 is 0 Å². The number of halogens is 2. The van der Waals surface area contributed by atoms with Crippen LogP contribution in [0.1, 0.15) is 12.5 Å². The van der Waals surface area contributed by atoms with Crippen molar-refractivity contribution >= 4 is 33.2 Å². The van der Waals surface area contributed by atoms with Crippen LogP contribution >= 0.6 is 23.2 Å². The molecular formula is C10H13Cl2NO2S. The number of sulfonamides is 1. The van der Waals surface area contributed by atoms with Crippen LogP contribution in [0.2, 0.25) is 10.0 Å². The highest BCUT2D eigenvalue weighted by atomic mass is 35.5. The maximum Gasteiger partial charge on any atom is 0.213 e. The monoisotopic (exact) mass is 281 g/mol. The third-order valence-electron chi connectivity index (χ3n) is 2.23. The molecule has 0 N–H and O–H groups in total. The second-order valence-corrected chi connectivity index (χ2v) is 6.58. The normalized spacial score (nSPS) is 12.1. The number of benzene rings is 1. The summed E-state index contributed by atoms with van der Waals surface area (Å²) in [5.74, 6) is 0.0881. The zero-order valence-electron chi connectivity index (χ0n) is 9.07. The Hall–Kier alpha value is -0.290. The van der Waals surface area contributed by atoms with Crippen LogP contribution in [0.3, 0.4) is 0 Å². The van der Waals surface area contributed by atoms with Crippen molar-refractivity contribution in [2.75, 3.05) is 12.8 Å². The van der Waals surface area contributed by atoms with Crippen LogP contribution in [0.4, 0.5) is 0 Å². The molecule has 0 radical (unpaired) electrons. The van der Waals surface area contributed by atoms with Crippen molar-refractivity contribution in [3.8, 4) is 0 Å². The molecule has 6 heteroatoms. The lowest BCUT2D eigenvalue weighted by Gasteiger charge is -2.16. The van der Waals surface area contributed by atoms with Gasteiger partial charge in [0.15, 0.2) is 0 Å². The molecule has 1 aromatic carbocycles. The van der Waals surface area contributed by atoms with Crippen LogP contribution in [0, 0.1) is 0 Å². The molecule has 0 aliphatic carbocycles. The molecular weight excluding hydrogens is 269 g/mol. The minimum Gasteiger partial charge on any atom is -0.212 e. The Morgan fingerprint density at radius 3 is 2.38 bits per heavy atom. The van der Waals surface area contributed by atoms with E-state index >= 15 is 0 Å². The molecule has 90 valence electrons. The van der Waals surface area contributed by atoms with Gasteiger partial charge in [-0.3, -0.25) is 0 Å². The molecule has 0 saturated carbocycles. The fourth-order valence-corrected chi connectivity index (χ4v) is 2.32. The molecule has 0 saturated heterocycles. The largest absolute Gasteiger partial charge is 0.213 e. The first-order chi connectivity index (χ1) is 7.36. The smallest absolute Gasteiger partial charge is 0.212 e. The minimum absolute atomic E-state index is 0.0881. The van der Waals surface area contributed by atoms with E-state index in [2.05, 4.69) is 0 Å². The Labute approximate surface area is 106 Å². The van der Waals surface area contributed by atoms with E-state index in [1.807, 2.05) is 0 Å². The van der Waals surface area contributed by atoms with Gasteiger partial charge in [0.2, 0.25) is 10.0 Å². The van der Waals surface area contributed by atoms with Crippen LogP contribution in [-0.4, -0.2) is 25.5 Å². The van der Waals surface area contributed by atoms with Gasteiger partial charge in [-0.05, 0) is 24.6 Å². The van der Waals surface area contributed by atoms with Crippen LogP contribution in [0.15, 0.2) is 18.2 Å². The van der Waals surface area contributed by atoms with Crippen molar-refractivity contribution in [2.45, 2.75) is 13.5 Å². The van der Waals surface area contributed by atoms with Gasteiger partial charge in [0.05, 0.1) is 15.8 Å². The van der Waals surface area contributed by atoms with Crippen molar-refractivity contribution in [3.05, 3.63) is 33.8 Å². The predicted molar refractivity (Wildman–Crippen MR) is 67.4 cm³/mol. The molecule has 16 heavy (non-hydrogen) atoms. The Kier molecular flexibility index (Phi) is 4.62. The summed E-state index contributed by atoms with van der Waals surface area (Å²) in [5.41, 5.74) is 0.814. The van der Waals surface area contributed by atoms with E-state index in [9.17, 15) is 8.42 Å². The van der Waals surface area contributed by atoms with Gasteiger partial charge in [-0.2, -0.15) is 0 Å². The Morgan fingerprint density at radius 1 is 1.25 bits per heavy atom. The van der Waals surface area contributed by atoms with E-state index in [0.29, 0.717) is 16.6 Å². The Morgan fingerprint density at radius 2 is 1.88 bits per heavy atom. The maximum absolute atomic E-state index is 11.5. The minimum atomic E-state index is -3.16. The standard InChI is InChI=1S/C10H13Cl2NO2S/c1-3-16(14,15)13(2)7-8-4-5-9(11)10(12)6-8/h4-6H,3,7H2,1-2H3. The number of hydrogen-bond donors (Lipinski definition) is 0. The van der Waals surface area contributed by atoms with Crippen molar-refractivity contribution in [1.29, 1.82) is 0 Å². The zero-order valence-corrected chi connectivity index (χ0v) is 11.4. The lowest BCUT2D eigenvalue weighted by molar-refractivity contribution is 0.468. The molecule has 0 atom stereocenters. The molecule has 0 bridgehead atoms. The molecule has 1 rings (SSSR count). The summed E-state index contributed by atoms with van der Waals surface area (Å²) in [6, 6.07) is 5.09. The summed E-state index contributed by atoms with van der Waals surface area (Å²) in [6.07, 6.45) is 0. The second-order valence-electron chi connectivity index (χ2n) is 3.41. The highest BCUT2D eigenvalue weighted by Gasteiger charge is 2.15. The van der Waals surface area contributed by atoms with Crippen molar-refractivity contribution in [3.63, 3.8) is 0 Å². The summed E-state index contributed by atoms with van der Waals surface area (Å²) >= 11 is 11.6. The maximum atomic E-state index is 11.5. The zero-order chi connectivity index (χ0) is 12.3. The van der Waals surface area contributed by atoms with Gasteiger partial charge in [-0.25, -0.2) is 12.7 Å². The Balaban J connectivity index is 2.86. The van der Waals surface area contributed by atoms with Gasteiger partial charge < -0.3 is 0 Å². The first-order valence-electron chi connectivity index (χ1n) is 4.74. The molecule has 0 aliphatic heterocycles. The van der Waals surface area contributed by atoms with Crippen LogP contribution in [0.25, 0.3) is 0 Å². The van der Waals surface area contributed by atoms with Crippen molar-refractivity contribution < 1.29 is 8.42 Å². The molecule has 0 unspecified atom stereocenters. The van der Waals surface area contributed by atoms with E-state index in [0.717, 1.165) is 5.56 Å². The highest BCUT2D eigenvalue weighted by Crippen LogP contribution is 2.23. The van der Waals surface area contributed by atoms with Crippen LogP contribution in [-0.2, 0) is 16.6 Å². The van der Waals surface area contributed by atoms with Gasteiger partial charge in [0.25, 0.3) is 0 Å². The third kappa shape index (κ3) is 3.35. The van der Waals surface area contributed by atoms with Gasteiger partial charge in [0.1, 0.15) is 0 Å². The summed E-state index contributed by atoms with van der Waals surface area (Å²) in [4.78, 5) is 0. The molecule has 1 aromatic rings. The molecule has 0 spiro atoms. The number of rotatable bonds is 4. The van der Waals surface area contributed by atoms with Crippen molar-refractivity contribution in [1.82, 2.24) is 4.31 Å². The fraction of sp³-hybridized carbons (Fsp3) is 0.400. The van der Waals surface area contributed by atoms with Gasteiger partial charge >= 0.3 is 0 Å². The predicted octanol–water partition coefficient (Wildman–Crippen LogP) is 2.77. The van der Waals surface area contributed by atoms with Crippen LogP contribution in [0.5, 0.6) is 0 Å². The molecule has 0 aliphatic rings. The Bertz CT molecular complexity index is 474.